The molecule has 0 aliphatic rings. The van der Waals surface area contributed by atoms with Crippen LogP contribution in [0.4, 0.5) is 0 Å². The lowest BCUT2D eigenvalue weighted by Gasteiger charge is -2.16. The van der Waals surface area contributed by atoms with Crippen LogP contribution in [0.25, 0.3) is 0 Å². The first kappa shape index (κ1) is 17.5. The molecule has 0 spiro atoms. The SMILES string of the molecule is CCOC(=O)[C@H](OS(=O)(=O)c1ccc(Cl)cc1)c1ccccc1. The van der Waals surface area contributed by atoms with Gasteiger partial charge in [-0.2, -0.15) is 8.42 Å². The van der Waals surface area contributed by atoms with Crippen molar-refractivity contribution in [2.45, 2.75) is 17.9 Å². The predicted octanol–water partition coefficient (Wildman–Crippen LogP) is 3.35. The average molecular weight is 355 g/mol. The van der Waals surface area contributed by atoms with E-state index in [0.717, 1.165) is 0 Å². The maximum absolute atomic E-state index is 12.4. The third-order valence-corrected chi connectivity index (χ3v) is 4.48. The van der Waals surface area contributed by atoms with Gasteiger partial charge in [0.2, 0.25) is 0 Å². The monoisotopic (exact) mass is 354 g/mol. The van der Waals surface area contributed by atoms with Gasteiger partial charge >= 0.3 is 5.97 Å². The van der Waals surface area contributed by atoms with Gasteiger partial charge in [-0.15, -0.1) is 0 Å². The zero-order valence-electron chi connectivity index (χ0n) is 12.3. The number of esters is 1. The largest absolute Gasteiger partial charge is 0.464 e. The van der Waals surface area contributed by atoms with Crippen molar-refractivity contribution in [3.63, 3.8) is 0 Å². The van der Waals surface area contributed by atoms with Crippen molar-refractivity contribution in [2.24, 2.45) is 0 Å². The minimum absolute atomic E-state index is 0.0906. The molecule has 2 aromatic rings. The molecule has 0 amide bonds. The third kappa shape index (κ3) is 4.54. The van der Waals surface area contributed by atoms with E-state index < -0.39 is 22.2 Å². The zero-order valence-corrected chi connectivity index (χ0v) is 13.9. The van der Waals surface area contributed by atoms with E-state index in [-0.39, 0.29) is 11.5 Å². The van der Waals surface area contributed by atoms with Crippen LogP contribution in [0.3, 0.4) is 0 Å². The van der Waals surface area contributed by atoms with E-state index in [9.17, 15) is 13.2 Å². The fourth-order valence-corrected chi connectivity index (χ4v) is 3.01. The van der Waals surface area contributed by atoms with Gasteiger partial charge in [-0.05, 0) is 36.8 Å². The molecule has 0 bridgehead atoms. The van der Waals surface area contributed by atoms with Crippen LogP contribution in [-0.4, -0.2) is 21.0 Å². The second-order valence-corrected chi connectivity index (χ2v) is 6.56. The van der Waals surface area contributed by atoms with Crippen molar-refractivity contribution in [3.05, 3.63) is 65.2 Å². The summed E-state index contributed by atoms with van der Waals surface area (Å²) in [4.78, 5) is 12.0. The molecule has 0 aliphatic carbocycles. The first-order chi connectivity index (χ1) is 10.9. The van der Waals surface area contributed by atoms with E-state index in [0.29, 0.717) is 10.6 Å². The van der Waals surface area contributed by atoms with Crippen molar-refractivity contribution >= 4 is 27.7 Å². The van der Waals surface area contributed by atoms with Gasteiger partial charge in [0.15, 0.2) is 6.10 Å². The minimum Gasteiger partial charge on any atom is -0.464 e. The molecule has 0 aromatic heterocycles. The van der Waals surface area contributed by atoms with Crippen LogP contribution in [0, 0.1) is 0 Å². The highest BCUT2D eigenvalue weighted by molar-refractivity contribution is 7.86. The van der Waals surface area contributed by atoms with E-state index in [1.54, 1.807) is 37.3 Å². The molecule has 0 heterocycles. The highest BCUT2D eigenvalue weighted by Crippen LogP contribution is 2.25. The summed E-state index contributed by atoms with van der Waals surface area (Å²) in [5, 5.41) is 0.397. The zero-order chi connectivity index (χ0) is 16.9. The van der Waals surface area contributed by atoms with Crippen molar-refractivity contribution in [3.8, 4) is 0 Å². The summed E-state index contributed by atoms with van der Waals surface area (Å²) in [6.07, 6.45) is -1.36. The summed E-state index contributed by atoms with van der Waals surface area (Å²) in [6.45, 7) is 1.75. The summed E-state index contributed by atoms with van der Waals surface area (Å²) in [5.41, 5.74) is 0.392. The van der Waals surface area contributed by atoms with Crippen LogP contribution >= 0.6 is 11.6 Å². The Kier molecular flexibility index (Phi) is 5.76. The van der Waals surface area contributed by atoms with E-state index >= 15 is 0 Å². The second-order valence-electron chi connectivity index (χ2n) is 4.55. The molecule has 0 saturated carbocycles. The number of hydrogen-bond donors (Lipinski definition) is 0. The minimum atomic E-state index is -4.15. The van der Waals surface area contributed by atoms with Gasteiger partial charge in [0.25, 0.3) is 10.1 Å². The summed E-state index contributed by atoms with van der Waals surface area (Å²) in [6, 6.07) is 13.8. The topological polar surface area (TPSA) is 69.7 Å². The number of hydrogen-bond acceptors (Lipinski definition) is 5. The fourth-order valence-electron chi connectivity index (χ4n) is 1.86. The Morgan fingerprint density at radius 2 is 1.70 bits per heavy atom. The van der Waals surface area contributed by atoms with Crippen LogP contribution in [0.2, 0.25) is 5.02 Å². The van der Waals surface area contributed by atoms with Crippen LogP contribution < -0.4 is 0 Å². The van der Waals surface area contributed by atoms with Gasteiger partial charge in [0, 0.05) is 5.02 Å². The summed E-state index contributed by atoms with van der Waals surface area (Å²) in [5.74, 6) is -0.767. The molecular formula is C16H15ClO5S. The van der Waals surface area contributed by atoms with Gasteiger partial charge in [-0.3, -0.25) is 0 Å². The molecule has 0 fully saturated rings. The Labute approximate surface area is 139 Å². The Hall–Kier alpha value is -1.89. The number of halogens is 1. The molecule has 122 valence electrons. The lowest BCUT2D eigenvalue weighted by atomic mass is 10.1. The maximum atomic E-state index is 12.4. The molecule has 5 nitrogen and oxygen atoms in total. The molecule has 0 radical (unpaired) electrons. The van der Waals surface area contributed by atoms with Crippen LogP contribution in [0.5, 0.6) is 0 Å². The van der Waals surface area contributed by atoms with Crippen molar-refractivity contribution < 1.29 is 22.1 Å². The molecule has 0 N–H and O–H groups in total. The quantitative estimate of drug-likeness (QED) is 0.587. The Balaban J connectivity index is 2.33. The van der Waals surface area contributed by atoms with E-state index in [2.05, 4.69) is 0 Å². The number of ether oxygens (including phenoxy) is 1. The lowest BCUT2D eigenvalue weighted by Crippen LogP contribution is -2.22. The molecule has 7 heteroatoms. The molecule has 2 aromatic carbocycles. The summed E-state index contributed by atoms with van der Waals surface area (Å²) < 4.78 is 34.8. The predicted molar refractivity (Wildman–Crippen MR) is 85.5 cm³/mol. The molecule has 0 saturated heterocycles. The molecule has 2 rings (SSSR count). The van der Waals surface area contributed by atoms with E-state index in [1.165, 1.54) is 24.3 Å². The van der Waals surface area contributed by atoms with Gasteiger partial charge in [-0.1, -0.05) is 41.9 Å². The fraction of sp³-hybridized carbons (Fsp3) is 0.188. The van der Waals surface area contributed by atoms with Crippen molar-refractivity contribution in [2.75, 3.05) is 6.61 Å². The van der Waals surface area contributed by atoms with Gasteiger partial charge in [0.05, 0.1) is 11.5 Å². The Morgan fingerprint density at radius 3 is 2.26 bits per heavy atom. The molecular weight excluding hydrogens is 340 g/mol. The van der Waals surface area contributed by atoms with Crippen LogP contribution in [0.15, 0.2) is 59.5 Å². The number of rotatable bonds is 6. The highest BCUT2D eigenvalue weighted by Gasteiger charge is 2.30. The average Bonchev–Trinajstić information content (AvgIpc) is 2.54. The first-order valence-corrected chi connectivity index (χ1v) is 8.63. The maximum Gasteiger partial charge on any atom is 0.341 e. The number of carbonyl (C=O) groups excluding carboxylic acids is 1. The lowest BCUT2D eigenvalue weighted by molar-refractivity contribution is -0.151. The van der Waals surface area contributed by atoms with Gasteiger partial charge in [0.1, 0.15) is 0 Å². The third-order valence-electron chi connectivity index (χ3n) is 2.93. The standard InChI is InChI=1S/C16H15ClO5S/c1-2-21-16(18)15(12-6-4-3-5-7-12)22-23(19,20)14-10-8-13(17)9-11-14/h3-11,15H,2H2,1H3/t15-/m1/s1. The Bertz CT molecular complexity index is 757. The summed E-state index contributed by atoms with van der Waals surface area (Å²) in [7, 11) is -4.15. The number of benzene rings is 2. The number of carbonyl (C=O) groups is 1. The second kappa shape index (κ2) is 7.59. The molecule has 0 unspecified atom stereocenters. The molecule has 1 atom stereocenters. The summed E-state index contributed by atoms with van der Waals surface area (Å²) >= 11 is 5.75. The van der Waals surface area contributed by atoms with Crippen LogP contribution in [0.1, 0.15) is 18.6 Å². The van der Waals surface area contributed by atoms with Crippen LogP contribution in [-0.2, 0) is 23.8 Å². The Morgan fingerprint density at radius 1 is 1.09 bits per heavy atom. The van der Waals surface area contributed by atoms with Crippen molar-refractivity contribution in [1.82, 2.24) is 0 Å². The van der Waals surface area contributed by atoms with E-state index in [4.69, 9.17) is 20.5 Å². The van der Waals surface area contributed by atoms with Gasteiger partial charge in [-0.25, -0.2) is 8.98 Å². The smallest absolute Gasteiger partial charge is 0.341 e. The first-order valence-electron chi connectivity index (χ1n) is 6.84. The van der Waals surface area contributed by atoms with Gasteiger partial charge < -0.3 is 4.74 Å². The normalized spacial score (nSPS) is 12.6. The molecule has 23 heavy (non-hydrogen) atoms. The molecule has 0 aliphatic heterocycles. The highest BCUT2D eigenvalue weighted by atomic mass is 35.5. The van der Waals surface area contributed by atoms with E-state index in [1.807, 2.05) is 0 Å². The van der Waals surface area contributed by atoms with Crippen molar-refractivity contribution in [1.29, 1.82) is 0 Å².